The van der Waals surface area contributed by atoms with Crippen LogP contribution in [-0.2, 0) is 28.6 Å². The SMILES string of the molecule is CC\C=C/C=C\C=C/C=C\C=C\C=C/C=C\CCCCCC(=O)OCC(COC(=O)CCCC/C=C\C/C=C\CC)OC(=O)CCCCCCC/C=C\C/C=C\CC. The number of unbranched alkanes of at least 4 members (excludes halogenated alkanes) is 10. The van der Waals surface area contributed by atoms with Crippen LogP contribution in [0, 0.1) is 0 Å². The molecule has 0 aromatic rings. The largest absolute Gasteiger partial charge is 0.462 e. The first-order chi connectivity index (χ1) is 28.5. The van der Waals surface area contributed by atoms with Crippen LogP contribution in [0.15, 0.2) is 134 Å². The Balaban J connectivity index is 4.53. The molecule has 1 atom stereocenters. The number of carbonyl (C=O) groups excluding carboxylic acids is 3. The zero-order chi connectivity index (χ0) is 42.3. The summed E-state index contributed by atoms with van der Waals surface area (Å²) >= 11 is 0. The third kappa shape index (κ3) is 42.7. The van der Waals surface area contributed by atoms with Crippen molar-refractivity contribution in [1.29, 1.82) is 0 Å². The van der Waals surface area contributed by atoms with Crippen LogP contribution in [0.2, 0.25) is 0 Å². The van der Waals surface area contributed by atoms with Crippen molar-refractivity contribution in [1.82, 2.24) is 0 Å². The van der Waals surface area contributed by atoms with E-state index >= 15 is 0 Å². The van der Waals surface area contributed by atoms with Crippen molar-refractivity contribution in [3.63, 3.8) is 0 Å². The van der Waals surface area contributed by atoms with Crippen molar-refractivity contribution in [2.24, 2.45) is 0 Å². The Kier molecular flexibility index (Phi) is 41.8. The minimum absolute atomic E-state index is 0.122. The van der Waals surface area contributed by atoms with Crippen LogP contribution in [0.4, 0.5) is 0 Å². The molecule has 0 fully saturated rings. The van der Waals surface area contributed by atoms with E-state index in [4.69, 9.17) is 14.2 Å². The number of allylic oxidation sites excluding steroid dienone is 22. The van der Waals surface area contributed by atoms with E-state index in [1.165, 1.54) is 0 Å². The van der Waals surface area contributed by atoms with Gasteiger partial charge in [0.1, 0.15) is 13.2 Å². The zero-order valence-corrected chi connectivity index (χ0v) is 36.5. The molecule has 0 aromatic carbocycles. The maximum atomic E-state index is 12.7. The number of hydrogen-bond acceptors (Lipinski definition) is 6. The average Bonchev–Trinajstić information content (AvgIpc) is 3.22. The van der Waals surface area contributed by atoms with Crippen LogP contribution in [-0.4, -0.2) is 37.2 Å². The van der Waals surface area contributed by atoms with Crippen LogP contribution >= 0.6 is 0 Å². The Morgan fingerprint density at radius 1 is 0.362 bits per heavy atom. The fraction of sp³-hybridized carbons (Fsp3) is 0.519. The van der Waals surface area contributed by atoms with Crippen LogP contribution in [0.5, 0.6) is 0 Å². The third-order valence-corrected chi connectivity index (χ3v) is 8.58. The van der Waals surface area contributed by atoms with E-state index in [0.717, 1.165) is 109 Å². The number of hydrogen-bond donors (Lipinski definition) is 0. The third-order valence-electron chi connectivity index (χ3n) is 8.58. The smallest absolute Gasteiger partial charge is 0.306 e. The monoisotopic (exact) mass is 799 g/mol. The van der Waals surface area contributed by atoms with Crippen LogP contribution in [0.25, 0.3) is 0 Å². The summed E-state index contributed by atoms with van der Waals surface area (Å²) in [6.07, 6.45) is 63.0. The minimum Gasteiger partial charge on any atom is -0.462 e. The molecule has 0 saturated carbocycles. The van der Waals surface area contributed by atoms with Crippen LogP contribution in [0.3, 0.4) is 0 Å². The van der Waals surface area contributed by atoms with Crippen LogP contribution < -0.4 is 0 Å². The zero-order valence-electron chi connectivity index (χ0n) is 36.5. The van der Waals surface area contributed by atoms with Gasteiger partial charge >= 0.3 is 17.9 Å². The highest BCUT2D eigenvalue weighted by atomic mass is 16.6. The van der Waals surface area contributed by atoms with E-state index in [1.54, 1.807) is 0 Å². The summed E-state index contributed by atoms with van der Waals surface area (Å²) in [6.45, 7) is 6.13. The van der Waals surface area contributed by atoms with Crippen molar-refractivity contribution in [2.75, 3.05) is 13.2 Å². The molecule has 0 aliphatic carbocycles. The van der Waals surface area contributed by atoms with Gasteiger partial charge in [0.25, 0.3) is 0 Å². The Morgan fingerprint density at radius 3 is 1.21 bits per heavy atom. The topological polar surface area (TPSA) is 78.9 Å². The van der Waals surface area contributed by atoms with Gasteiger partial charge in [-0.05, 0) is 89.9 Å². The number of rotatable bonds is 37. The maximum absolute atomic E-state index is 12.7. The molecule has 0 spiro atoms. The summed E-state index contributed by atoms with van der Waals surface area (Å²) in [6, 6.07) is 0. The van der Waals surface area contributed by atoms with E-state index in [-0.39, 0.29) is 37.5 Å². The van der Waals surface area contributed by atoms with Crippen molar-refractivity contribution in [3.05, 3.63) is 134 Å². The Labute approximate surface area is 354 Å². The van der Waals surface area contributed by atoms with E-state index in [1.807, 2.05) is 72.9 Å². The summed E-state index contributed by atoms with van der Waals surface area (Å²) in [5.41, 5.74) is 0. The van der Waals surface area contributed by atoms with Gasteiger partial charge in [-0.1, -0.05) is 180 Å². The average molecular weight is 799 g/mol. The lowest BCUT2D eigenvalue weighted by Crippen LogP contribution is -2.30. The van der Waals surface area contributed by atoms with Gasteiger partial charge in [-0.25, -0.2) is 0 Å². The predicted octanol–water partition coefficient (Wildman–Crippen LogP) is 14.4. The molecule has 0 radical (unpaired) electrons. The quantitative estimate of drug-likeness (QED) is 0.0205. The molecule has 0 bridgehead atoms. The van der Waals surface area contributed by atoms with Gasteiger partial charge in [-0.3, -0.25) is 14.4 Å². The summed E-state index contributed by atoms with van der Waals surface area (Å²) in [4.78, 5) is 37.7. The molecular weight excluding hydrogens is 721 g/mol. The van der Waals surface area contributed by atoms with Crippen molar-refractivity contribution < 1.29 is 28.6 Å². The van der Waals surface area contributed by atoms with Gasteiger partial charge in [-0.15, -0.1) is 0 Å². The summed E-state index contributed by atoms with van der Waals surface area (Å²) in [7, 11) is 0. The lowest BCUT2D eigenvalue weighted by atomic mass is 10.1. The second kappa shape index (κ2) is 45.3. The van der Waals surface area contributed by atoms with Gasteiger partial charge in [0.15, 0.2) is 6.10 Å². The maximum Gasteiger partial charge on any atom is 0.306 e. The summed E-state index contributed by atoms with van der Waals surface area (Å²) < 4.78 is 16.6. The first-order valence-corrected chi connectivity index (χ1v) is 22.3. The normalized spacial score (nSPS) is 13.4. The minimum atomic E-state index is -0.820. The van der Waals surface area contributed by atoms with E-state index in [0.29, 0.717) is 19.3 Å². The van der Waals surface area contributed by atoms with Crippen molar-refractivity contribution >= 4 is 17.9 Å². The number of carbonyl (C=O) groups is 3. The molecule has 0 aliphatic heterocycles. The second-order valence-corrected chi connectivity index (χ2v) is 14.0. The first-order valence-electron chi connectivity index (χ1n) is 22.3. The van der Waals surface area contributed by atoms with E-state index < -0.39 is 6.10 Å². The van der Waals surface area contributed by atoms with Crippen molar-refractivity contribution in [2.45, 2.75) is 162 Å². The van der Waals surface area contributed by atoms with Gasteiger partial charge in [0.05, 0.1) is 0 Å². The van der Waals surface area contributed by atoms with Gasteiger partial charge in [0, 0.05) is 19.3 Å². The molecule has 0 saturated heterocycles. The summed E-state index contributed by atoms with van der Waals surface area (Å²) in [5.74, 6) is -1.03. The lowest BCUT2D eigenvalue weighted by Gasteiger charge is -2.18. The molecule has 0 rings (SSSR count). The van der Waals surface area contributed by atoms with Gasteiger partial charge < -0.3 is 14.2 Å². The fourth-order valence-corrected chi connectivity index (χ4v) is 5.32. The first kappa shape index (κ1) is 53.6. The molecule has 322 valence electrons. The number of esters is 3. The highest BCUT2D eigenvalue weighted by Crippen LogP contribution is 2.11. The molecule has 0 heterocycles. The Morgan fingerprint density at radius 2 is 0.707 bits per heavy atom. The Hall–Kier alpha value is -4.45. The van der Waals surface area contributed by atoms with E-state index in [2.05, 4.69) is 81.5 Å². The predicted molar refractivity (Wildman–Crippen MR) is 246 cm³/mol. The lowest BCUT2D eigenvalue weighted by molar-refractivity contribution is -0.167. The Bertz CT molecular complexity index is 1330. The van der Waals surface area contributed by atoms with Gasteiger partial charge in [0.2, 0.25) is 0 Å². The fourth-order valence-electron chi connectivity index (χ4n) is 5.32. The van der Waals surface area contributed by atoms with E-state index in [9.17, 15) is 14.4 Å². The molecule has 58 heavy (non-hydrogen) atoms. The summed E-state index contributed by atoms with van der Waals surface area (Å²) in [5, 5.41) is 0. The molecule has 6 heteroatoms. The molecule has 6 nitrogen and oxygen atoms in total. The molecule has 0 aromatic heterocycles. The molecule has 0 aliphatic rings. The standard InChI is InChI=1S/C52H78O6/c1-4-7-10-13-16-19-21-23-24-25-26-27-28-29-31-33-36-39-42-45-51(54)57-48-49(47-56-50(53)44-41-38-35-32-18-15-12-9-6-3)58-52(55)46-43-40-37-34-30-22-20-17-14-11-8-5-2/h7-13,16-21,23-29,31-32,49H,4-6,14-15,22,30,33-48H2,1-3H3/b10-7-,11-8-,12-9-,16-13-,20-17-,21-19-,24-23-,26-25+,28-27-,31-29-,32-18-. The number of ether oxygens (including phenoxy) is 3. The molecule has 0 amide bonds. The highest BCUT2D eigenvalue weighted by molar-refractivity contribution is 5.71. The van der Waals surface area contributed by atoms with Crippen molar-refractivity contribution in [3.8, 4) is 0 Å². The molecule has 1 unspecified atom stereocenters. The highest BCUT2D eigenvalue weighted by Gasteiger charge is 2.19. The second-order valence-electron chi connectivity index (χ2n) is 14.0. The van der Waals surface area contributed by atoms with Crippen LogP contribution in [0.1, 0.15) is 156 Å². The molecule has 0 N–H and O–H groups in total. The van der Waals surface area contributed by atoms with Gasteiger partial charge in [-0.2, -0.15) is 0 Å². The molecular formula is C52H78O6.